The smallest absolute Gasteiger partial charge is 0.0857 e. The molecule has 1 aromatic rings. The molecule has 1 aromatic carbocycles. The van der Waals surface area contributed by atoms with Gasteiger partial charge in [-0.05, 0) is 56.7 Å². The molecular weight excluding hydrogens is 258 g/mol. The van der Waals surface area contributed by atoms with Crippen molar-refractivity contribution in [3.05, 3.63) is 34.9 Å². The van der Waals surface area contributed by atoms with Gasteiger partial charge in [-0.3, -0.25) is 0 Å². The molecule has 0 amide bonds. The summed E-state index contributed by atoms with van der Waals surface area (Å²) in [5.74, 6) is 0. The van der Waals surface area contributed by atoms with Gasteiger partial charge in [0, 0.05) is 10.6 Å². The summed E-state index contributed by atoms with van der Waals surface area (Å²) in [6.45, 7) is 4.44. The minimum absolute atomic E-state index is 0.0820. The van der Waals surface area contributed by atoms with Gasteiger partial charge in [-0.25, -0.2) is 0 Å². The summed E-state index contributed by atoms with van der Waals surface area (Å²) in [6, 6.07) is 7.63. The lowest BCUT2D eigenvalue weighted by molar-refractivity contribution is -0.00933. The quantitative estimate of drug-likeness (QED) is 0.880. The first kappa shape index (κ1) is 14.8. The normalized spacial score (nSPS) is 33.1. The topological polar surface area (TPSA) is 32.3 Å². The number of rotatable bonds is 3. The average molecular weight is 282 g/mol. The maximum atomic E-state index is 10.7. The molecule has 1 saturated carbocycles. The highest BCUT2D eigenvalue weighted by Crippen LogP contribution is 2.49. The zero-order valence-corrected chi connectivity index (χ0v) is 12.8. The molecule has 1 fully saturated rings. The third-order valence-electron chi connectivity index (χ3n) is 4.96. The van der Waals surface area contributed by atoms with Crippen LogP contribution in [0.15, 0.2) is 24.3 Å². The molecule has 0 aliphatic heterocycles. The Bertz CT molecular complexity index is 438. The van der Waals surface area contributed by atoms with Crippen LogP contribution in [0.25, 0.3) is 0 Å². The highest BCUT2D eigenvalue weighted by Gasteiger charge is 2.41. The van der Waals surface area contributed by atoms with Gasteiger partial charge in [0.05, 0.1) is 6.10 Å². The lowest BCUT2D eigenvalue weighted by atomic mass is 9.65. The van der Waals surface area contributed by atoms with Gasteiger partial charge < -0.3 is 10.4 Å². The molecule has 0 bridgehead atoms. The summed E-state index contributed by atoms with van der Waals surface area (Å²) in [5.41, 5.74) is 0.987. The van der Waals surface area contributed by atoms with Crippen molar-refractivity contribution in [1.29, 1.82) is 0 Å². The number of hydrogen-bond donors (Lipinski definition) is 2. The molecule has 0 spiro atoms. The van der Waals surface area contributed by atoms with Crippen molar-refractivity contribution in [1.82, 2.24) is 5.32 Å². The first-order chi connectivity index (χ1) is 8.90. The molecule has 0 saturated heterocycles. The molecule has 1 aliphatic carbocycles. The Hall–Kier alpha value is -0.570. The van der Waals surface area contributed by atoms with E-state index in [4.69, 9.17) is 11.6 Å². The molecule has 0 heterocycles. The predicted octanol–water partition coefficient (Wildman–Crippen LogP) is 3.93. The van der Waals surface area contributed by atoms with E-state index in [1.807, 2.05) is 31.3 Å². The molecular formula is C16H24ClNO. The van der Waals surface area contributed by atoms with Crippen molar-refractivity contribution in [3.8, 4) is 0 Å². The molecule has 19 heavy (non-hydrogen) atoms. The van der Waals surface area contributed by atoms with E-state index in [2.05, 4.69) is 19.2 Å². The van der Waals surface area contributed by atoms with Gasteiger partial charge in [0.15, 0.2) is 0 Å². The maximum absolute atomic E-state index is 10.7. The van der Waals surface area contributed by atoms with Crippen LogP contribution in [0, 0.1) is 5.41 Å². The number of aliphatic hydroxyl groups is 1. The highest BCUT2D eigenvalue weighted by atomic mass is 35.5. The van der Waals surface area contributed by atoms with Crippen LogP contribution in [0.4, 0.5) is 0 Å². The Morgan fingerprint density at radius 1 is 1.16 bits per heavy atom. The van der Waals surface area contributed by atoms with E-state index in [1.54, 1.807) is 0 Å². The van der Waals surface area contributed by atoms with E-state index in [-0.39, 0.29) is 11.0 Å². The van der Waals surface area contributed by atoms with Crippen LogP contribution in [-0.4, -0.2) is 17.7 Å². The zero-order valence-electron chi connectivity index (χ0n) is 12.0. The molecule has 3 heteroatoms. The van der Waals surface area contributed by atoms with Crippen LogP contribution >= 0.6 is 11.6 Å². The van der Waals surface area contributed by atoms with E-state index in [0.717, 1.165) is 31.2 Å². The molecule has 1 aliphatic rings. The van der Waals surface area contributed by atoms with Crippen LogP contribution in [-0.2, 0) is 0 Å². The Morgan fingerprint density at radius 3 is 2.26 bits per heavy atom. The molecule has 2 N–H and O–H groups in total. The van der Waals surface area contributed by atoms with E-state index in [9.17, 15) is 5.11 Å². The Balaban J connectivity index is 2.16. The highest BCUT2D eigenvalue weighted by molar-refractivity contribution is 6.31. The molecule has 2 rings (SSSR count). The number of hydrogen-bond acceptors (Lipinski definition) is 2. The fourth-order valence-corrected chi connectivity index (χ4v) is 3.21. The Kier molecular flexibility index (Phi) is 4.24. The fourth-order valence-electron chi connectivity index (χ4n) is 2.97. The van der Waals surface area contributed by atoms with Gasteiger partial charge in [0.25, 0.3) is 0 Å². The summed E-state index contributed by atoms with van der Waals surface area (Å²) >= 11 is 6.21. The average Bonchev–Trinajstić information content (AvgIpc) is 2.42. The Labute approximate surface area is 121 Å². The molecule has 0 unspecified atom stereocenters. The Morgan fingerprint density at radius 2 is 1.74 bits per heavy atom. The number of nitrogens with one attached hydrogen (secondary N) is 1. The number of halogens is 1. The minimum Gasteiger partial charge on any atom is -0.388 e. The first-order valence-electron chi connectivity index (χ1n) is 7.02. The van der Waals surface area contributed by atoms with Crippen LogP contribution in [0.5, 0.6) is 0 Å². The van der Waals surface area contributed by atoms with Crippen LogP contribution in [0.3, 0.4) is 0 Å². The van der Waals surface area contributed by atoms with E-state index >= 15 is 0 Å². The SMILES string of the molecule is CNC1(C)CCC(C)([C@@H](O)c2ccccc2Cl)CC1. The van der Waals surface area contributed by atoms with Crippen molar-refractivity contribution < 1.29 is 5.11 Å². The predicted molar refractivity (Wildman–Crippen MR) is 80.5 cm³/mol. The first-order valence-corrected chi connectivity index (χ1v) is 7.39. The van der Waals surface area contributed by atoms with Gasteiger partial charge in [-0.15, -0.1) is 0 Å². The summed E-state index contributed by atoms with van der Waals surface area (Å²) in [7, 11) is 2.02. The summed E-state index contributed by atoms with van der Waals surface area (Å²) < 4.78 is 0. The number of benzene rings is 1. The molecule has 1 atom stereocenters. The van der Waals surface area contributed by atoms with Gasteiger partial charge in [-0.1, -0.05) is 36.7 Å². The van der Waals surface area contributed by atoms with Crippen molar-refractivity contribution in [2.24, 2.45) is 5.41 Å². The second-order valence-corrected chi connectivity index (χ2v) is 6.80. The number of aliphatic hydroxyl groups excluding tert-OH is 1. The van der Waals surface area contributed by atoms with E-state index in [0.29, 0.717) is 5.02 Å². The van der Waals surface area contributed by atoms with Gasteiger partial charge in [0.2, 0.25) is 0 Å². The van der Waals surface area contributed by atoms with Gasteiger partial charge >= 0.3 is 0 Å². The van der Waals surface area contributed by atoms with Crippen LogP contribution < -0.4 is 5.32 Å². The lowest BCUT2D eigenvalue weighted by Crippen LogP contribution is -2.46. The van der Waals surface area contributed by atoms with Crippen molar-refractivity contribution in [3.63, 3.8) is 0 Å². The molecule has 106 valence electrons. The summed E-state index contributed by atoms with van der Waals surface area (Å²) in [6.07, 6.45) is 3.71. The van der Waals surface area contributed by atoms with Gasteiger partial charge in [0.1, 0.15) is 0 Å². The summed E-state index contributed by atoms with van der Waals surface area (Å²) in [4.78, 5) is 0. The van der Waals surface area contributed by atoms with E-state index in [1.165, 1.54) is 0 Å². The second-order valence-electron chi connectivity index (χ2n) is 6.39. The van der Waals surface area contributed by atoms with Crippen LogP contribution in [0.2, 0.25) is 5.02 Å². The fraction of sp³-hybridized carbons (Fsp3) is 0.625. The summed E-state index contributed by atoms with van der Waals surface area (Å²) in [5, 5.41) is 14.8. The van der Waals surface area contributed by atoms with Crippen molar-refractivity contribution >= 4 is 11.6 Å². The lowest BCUT2D eigenvalue weighted by Gasteiger charge is -2.45. The van der Waals surface area contributed by atoms with Crippen LogP contribution in [0.1, 0.15) is 51.2 Å². The monoisotopic (exact) mass is 281 g/mol. The minimum atomic E-state index is -0.484. The van der Waals surface area contributed by atoms with Gasteiger partial charge in [-0.2, -0.15) is 0 Å². The molecule has 2 nitrogen and oxygen atoms in total. The second kappa shape index (κ2) is 5.43. The van der Waals surface area contributed by atoms with E-state index < -0.39 is 6.10 Å². The molecule has 0 radical (unpaired) electrons. The molecule has 0 aromatic heterocycles. The third kappa shape index (κ3) is 2.96. The maximum Gasteiger partial charge on any atom is 0.0857 e. The van der Waals surface area contributed by atoms with Crippen molar-refractivity contribution in [2.75, 3.05) is 7.05 Å². The largest absolute Gasteiger partial charge is 0.388 e. The zero-order chi connectivity index (χ0) is 14.1. The standard InChI is InChI=1S/C16H24ClNO/c1-15(8-10-16(2,18-3)11-9-15)14(19)12-6-4-5-7-13(12)17/h4-7,14,18-19H,8-11H2,1-3H3/t14-,15?,16?/m0/s1. The third-order valence-corrected chi connectivity index (χ3v) is 5.30. The van der Waals surface area contributed by atoms with Crippen molar-refractivity contribution in [2.45, 2.75) is 51.2 Å².